The van der Waals surface area contributed by atoms with Crippen LogP contribution < -0.4 is 4.72 Å². The Hall–Kier alpha value is -0.880. The summed E-state index contributed by atoms with van der Waals surface area (Å²) in [4.78, 5) is 0. The van der Waals surface area contributed by atoms with Crippen LogP contribution in [-0.4, -0.2) is 8.42 Å². The molecule has 0 aliphatic heterocycles. The van der Waals surface area contributed by atoms with E-state index in [0.29, 0.717) is 9.23 Å². The zero-order valence-electron chi connectivity index (χ0n) is 8.76. The number of hydrogen-bond donors (Lipinski definition) is 1. The molecule has 0 bridgehead atoms. The molecule has 1 aromatic carbocycles. The van der Waals surface area contributed by atoms with Gasteiger partial charge in [-0.15, -0.1) is 11.3 Å². The van der Waals surface area contributed by atoms with Crippen molar-refractivity contribution < 1.29 is 8.42 Å². The smallest absolute Gasteiger partial charge is 0.206 e. The van der Waals surface area contributed by atoms with Crippen LogP contribution in [0.1, 0.15) is 5.56 Å². The van der Waals surface area contributed by atoms with Gasteiger partial charge in [0.1, 0.15) is 4.21 Å². The molecule has 0 radical (unpaired) electrons. The number of benzene rings is 1. The highest BCUT2D eigenvalue weighted by Crippen LogP contribution is 2.16. The van der Waals surface area contributed by atoms with Gasteiger partial charge >= 0.3 is 0 Å². The minimum Gasteiger partial charge on any atom is -0.206 e. The third-order valence-corrected chi connectivity index (χ3v) is 5.19. The molecule has 0 saturated carbocycles. The van der Waals surface area contributed by atoms with Crippen molar-refractivity contribution in [1.82, 2.24) is 4.72 Å². The van der Waals surface area contributed by atoms with E-state index in [9.17, 15) is 8.42 Å². The summed E-state index contributed by atoms with van der Waals surface area (Å²) in [6.07, 6.45) is 0. The molecule has 0 spiro atoms. The molecule has 17 heavy (non-hydrogen) atoms. The van der Waals surface area contributed by atoms with Gasteiger partial charge in [0, 0.05) is 11.6 Å². The summed E-state index contributed by atoms with van der Waals surface area (Å²) >= 11 is 6.94. The van der Waals surface area contributed by atoms with Gasteiger partial charge in [0.05, 0.1) is 0 Å². The summed E-state index contributed by atoms with van der Waals surface area (Å²) in [6.45, 7) is 0.261. The zero-order valence-corrected chi connectivity index (χ0v) is 11.1. The highest BCUT2D eigenvalue weighted by atomic mass is 35.5. The molecule has 90 valence electrons. The van der Waals surface area contributed by atoms with Crippen LogP contribution in [0.25, 0.3) is 0 Å². The lowest BCUT2D eigenvalue weighted by molar-refractivity contribution is 0.583. The Morgan fingerprint density at radius 2 is 1.88 bits per heavy atom. The van der Waals surface area contributed by atoms with Crippen molar-refractivity contribution in [1.29, 1.82) is 0 Å². The minimum absolute atomic E-state index is 0.261. The van der Waals surface area contributed by atoms with E-state index in [4.69, 9.17) is 11.6 Å². The van der Waals surface area contributed by atoms with Crippen LogP contribution in [0.15, 0.2) is 46.0 Å². The first-order valence-electron chi connectivity index (χ1n) is 4.85. The van der Waals surface area contributed by atoms with E-state index in [1.165, 1.54) is 11.3 Å². The molecule has 0 amide bonds. The van der Waals surface area contributed by atoms with Crippen LogP contribution in [0.4, 0.5) is 0 Å². The van der Waals surface area contributed by atoms with Crippen LogP contribution >= 0.6 is 22.9 Å². The van der Waals surface area contributed by atoms with Gasteiger partial charge < -0.3 is 0 Å². The molecule has 0 aliphatic rings. The molecule has 0 fully saturated rings. The fourth-order valence-corrected chi connectivity index (χ4v) is 3.45. The van der Waals surface area contributed by atoms with Crippen molar-refractivity contribution in [3.63, 3.8) is 0 Å². The molecule has 0 saturated heterocycles. The lowest BCUT2D eigenvalue weighted by atomic mass is 10.2. The third-order valence-electron chi connectivity index (χ3n) is 2.14. The number of nitrogens with one attached hydrogen (secondary N) is 1. The predicted molar refractivity (Wildman–Crippen MR) is 69.8 cm³/mol. The molecule has 3 nitrogen and oxygen atoms in total. The highest BCUT2D eigenvalue weighted by Gasteiger charge is 2.14. The summed E-state index contributed by atoms with van der Waals surface area (Å²) in [5, 5.41) is 2.37. The summed E-state index contributed by atoms with van der Waals surface area (Å²) in [5.41, 5.74) is 0.870. The molecule has 1 N–H and O–H groups in total. The van der Waals surface area contributed by atoms with Gasteiger partial charge in [0.25, 0.3) is 0 Å². The van der Waals surface area contributed by atoms with Crippen LogP contribution in [0.2, 0.25) is 5.02 Å². The maximum absolute atomic E-state index is 11.8. The lowest BCUT2D eigenvalue weighted by Crippen LogP contribution is -2.22. The van der Waals surface area contributed by atoms with Gasteiger partial charge in [-0.1, -0.05) is 29.8 Å². The van der Waals surface area contributed by atoms with Crippen LogP contribution in [-0.2, 0) is 16.6 Å². The average molecular weight is 288 g/mol. The largest absolute Gasteiger partial charge is 0.250 e. The third kappa shape index (κ3) is 3.29. The summed E-state index contributed by atoms with van der Waals surface area (Å²) in [5.74, 6) is 0. The lowest BCUT2D eigenvalue weighted by Gasteiger charge is -2.04. The van der Waals surface area contributed by atoms with E-state index in [-0.39, 0.29) is 6.54 Å². The molecule has 2 aromatic rings. The number of halogens is 1. The van der Waals surface area contributed by atoms with E-state index >= 15 is 0 Å². The first-order chi connectivity index (χ1) is 8.08. The van der Waals surface area contributed by atoms with Gasteiger partial charge in [0.15, 0.2) is 0 Å². The highest BCUT2D eigenvalue weighted by molar-refractivity contribution is 7.91. The number of hydrogen-bond acceptors (Lipinski definition) is 3. The summed E-state index contributed by atoms with van der Waals surface area (Å²) in [6, 6.07) is 10.3. The topological polar surface area (TPSA) is 46.2 Å². The monoisotopic (exact) mass is 287 g/mol. The normalized spacial score (nSPS) is 11.6. The number of rotatable bonds is 4. The summed E-state index contributed by atoms with van der Waals surface area (Å²) < 4.78 is 26.5. The Morgan fingerprint density at radius 1 is 1.18 bits per heavy atom. The Kier molecular flexibility index (Phi) is 3.83. The molecule has 1 heterocycles. The molecule has 0 unspecified atom stereocenters. The Labute approximate surface area is 109 Å². The van der Waals surface area contributed by atoms with E-state index in [2.05, 4.69) is 4.72 Å². The van der Waals surface area contributed by atoms with E-state index in [1.54, 1.807) is 41.8 Å². The molecule has 1 aromatic heterocycles. The van der Waals surface area contributed by atoms with Crippen LogP contribution in [0.5, 0.6) is 0 Å². The Bertz CT molecular complexity index is 576. The maximum atomic E-state index is 11.8. The minimum atomic E-state index is -3.39. The summed E-state index contributed by atoms with van der Waals surface area (Å²) in [7, 11) is -3.39. The molecule has 2 rings (SSSR count). The van der Waals surface area contributed by atoms with E-state index < -0.39 is 10.0 Å². The van der Waals surface area contributed by atoms with Gasteiger partial charge in [-0.3, -0.25) is 0 Å². The fraction of sp³-hybridized carbons (Fsp3) is 0.0909. The first kappa shape index (κ1) is 12.6. The second-order valence-corrected chi connectivity index (χ2v) is 6.76. The SMILES string of the molecule is O=S(=O)(NCc1ccc(Cl)cc1)c1cccs1. The Balaban J connectivity index is 2.06. The first-order valence-corrected chi connectivity index (χ1v) is 7.59. The quantitative estimate of drug-likeness (QED) is 0.940. The number of thiophene rings is 1. The van der Waals surface area contributed by atoms with E-state index in [1.807, 2.05) is 0 Å². The van der Waals surface area contributed by atoms with Gasteiger partial charge in [-0.2, -0.15) is 0 Å². The van der Waals surface area contributed by atoms with Gasteiger partial charge in [-0.05, 0) is 29.1 Å². The van der Waals surface area contributed by atoms with Crippen molar-refractivity contribution in [3.05, 3.63) is 52.4 Å². The van der Waals surface area contributed by atoms with Gasteiger partial charge in [-0.25, -0.2) is 13.1 Å². The second kappa shape index (κ2) is 5.18. The van der Waals surface area contributed by atoms with Crippen molar-refractivity contribution in [2.24, 2.45) is 0 Å². The second-order valence-electron chi connectivity index (χ2n) is 3.38. The fourth-order valence-electron chi connectivity index (χ4n) is 1.27. The predicted octanol–water partition coefficient (Wildman–Crippen LogP) is 2.88. The zero-order chi connectivity index (χ0) is 12.3. The van der Waals surface area contributed by atoms with Crippen molar-refractivity contribution >= 4 is 33.0 Å². The van der Waals surface area contributed by atoms with Crippen LogP contribution in [0.3, 0.4) is 0 Å². The van der Waals surface area contributed by atoms with E-state index in [0.717, 1.165) is 5.56 Å². The molecular weight excluding hydrogens is 278 g/mol. The van der Waals surface area contributed by atoms with Crippen LogP contribution in [0, 0.1) is 0 Å². The van der Waals surface area contributed by atoms with Crippen molar-refractivity contribution in [2.45, 2.75) is 10.8 Å². The Morgan fingerprint density at radius 3 is 2.47 bits per heavy atom. The molecule has 6 heteroatoms. The molecule has 0 aliphatic carbocycles. The van der Waals surface area contributed by atoms with Gasteiger partial charge in [0.2, 0.25) is 10.0 Å². The van der Waals surface area contributed by atoms with Crippen molar-refractivity contribution in [2.75, 3.05) is 0 Å². The average Bonchev–Trinajstić information content (AvgIpc) is 2.82. The maximum Gasteiger partial charge on any atom is 0.250 e. The molecule has 0 atom stereocenters. The standard InChI is InChI=1S/C11H10ClNO2S2/c12-10-5-3-9(4-6-10)8-13-17(14,15)11-2-1-7-16-11/h1-7,13H,8H2. The molecular formula is C11H10ClNO2S2. The van der Waals surface area contributed by atoms with Crippen molar-refractivity contribution in [3.8, 4) is 0 Å². The number of sulfonamides is 1.